The second-order valence-electron chi connectivity index (χ2n) is 4.99. The Morgan fingerprint density at radius 2 is 2.41 bits per heavy atom. The predicted molar refractivity (Wildman–Crippen MR) is 69.3 cm³/mol. The molecule has 0 aliphatic carbocycles. The van der Waals surface area contributed by atoms with Crippen LogP contribution in [0.4, 0.5) is 5.69 Å². The Kier molecular flexibility index (Phi) is 3.29. The van der Waals surface area contributed by atoms with Crippen LogP contribution in [0.25, 0.3) is 0 Å². The molecular formula is C14H20N2O. The number of rotatable bonds is 4. The van der Waals surface area contributed by atoms with E-state index in [1.807, 2.05) is 0 Å². The van der Waals surface area contributed by atoms with Gasteiger partial charge in [-0.2, -0.15) is 0 Å². The molecule has 2 N–H and O–H groups in total. The average molecular weight is 232 g/mol. The lowest BCUT2D eigenvalue weighted by molar-refractivity contribution is 0.185. The van der Waals surface area contributed by atoms with E-state index in [9.17, 15) is 0 Å². The van der Waals surface area contributed by atoms with E-state index in [2.05, 4.69) is 28.8 Å². The molecule has 1 saturated heterocycles. The highest BCUT2D eigenvalue weighted by Crippen LogP contribution is 2.26. The van der Waals surface area contributed by atoms with Crippen LogP contribution in [0.2, 0.25) is 0 Å². The van der Waals surface area contributed by atoms with Gasteiger partial charge in [-0.3, -0.25) is 0 Å². The second kappa shape index (κ2) is 5.07. The van der Waals surface area contributed by atoms with Gasteiger partial charge < -0.3 is 15.4 Å². The molecule has 0 spiro atoms. The normalized spacial score (nSPS) is 22.5. The largest absolute Gasteiger partial charge is 0.384 e. The lowest BCUT2D eigenvalue weighted by atomic mass is 10.1. The summed E-state index contributed by atoms with van der Waals surface area (Å²) in [5.41, 5.74) is 4.23. The first-order chi connectivity index (χ1) is 8.43. The molecule has 1 aromatic carbocycles. The summed E-state index contributed by atoms with van der Waals surface area (Å²) in [5.74, 6) is 0.708. The number of hydrogen-bond acceptors (Lipinski definition) is 3. The zero-order valence-electron chi connectivity index (χ0n) is 10.2. The third kappa shape index (κ3) is 2.45. The maximum atomic E-state index is 5.38. The number of nitrogens with one attached hydrogen (secondary N) is 2. The quantitative estimate of drug-likeness (QED) is 0.830. The van der Waals surface area contributed by atoms with Crippen molar-refractivity contribution >= 4 is 5.69 Å². The van der Waals surface area contributed by atoms with Crippen LogP contribution in [0.5, 0.6) is 0 Å². The van der Waals surface area contributed by atoms with Crippen molar-refractivity contribution in [1.82, 2.24) is 5.32 Å². The highest BCUT2D eigenvalue weighted by atomic mass is 16.5. The first-order valence-electron chi connectivity index (χ1n) is 6.56. The fourth-order valence-corrected chi connectivity index (χ4v) is 2.71. The molecule has 1 fully saturated rings. The smallest absolute Gasteiger partial charge is 0.0507 e. The maximum absolute atomic E-state index is 5.38. The molecule has 3 rings (SSSR count). The molecular weight excluding hydrogens is 212 g/mol. The monoisotopic (exact) mass is 232 g/mol. The minimum absolute atomic E-state index is 0.708. The molecule has 2 heterocycles. The summed E-state index contributed by atoms with van der Waals surface area (Å²) in [6.07, 6.45) is 2.37. The molecule has 1 unspecified atom stereocenters. The molecule has 1 atom stereocenters. The van der Waals surface area contributed by atoms with E-state index in [4.69, 9.17) is 4.74 Å². The number of fused-ring (bicyclic) bond motifs is 1. The number of anilines is 1. The van der Waals surface area contributed by atoms with E-state index in [-0.39, 0.29) is 0 Å². The van der Waals surface area contributed by atoms with Crippen LogP contribution in [0, 0.1) is 5.92 Å². The Bertz CT molecular complexity index is 386. The van der Waals surface area contributed by atoms with Crippen molar-refractivity contribution in [2.45, 2.75) is 19.4 Å². The fourth-order valence-electron chi connectivity index (χ4n) is 2.71. The molecule has 0 radical (unpaired) electrons. The molecule has 2 aliphatic heterocycles. The van der Waals surface area contributed by atoms with Gasteiger partial charge in [0.25, 0.3) is 0 Å². The summed E-state index contributed by atoms with van der Waals surface area (Å²) >= 11 is 0. The Hall–Kier alpha value is -1.06. The highest BCUT2D eigenvalue weighted by molar-refractivity contribution is 5.61. The molecule has 17 heavy (non-hydrogen) atoms. The highest BCUT2D eigenvalue weighted by Gasteiger charge is 2.16. The minimum atomic E-state index is 0.708. The Labute approximate surface area is 103 Å². The fraction of sp³-hybridized carbons (Fsp3) is 0.571. The number of ether oxygens (including phenoxy) is 1. The van der Waals surface area contributed by atoms with Crippen molar-refractivity contribution in [3.8, 4) is 0 Å². The van der Waals surface area contributed by atoms with Crippen LogP contribution < -0.4 is 10.6 Å². The summed E-state index contributed by atoms with van der Waals surface area (Å²) in [6.45, 7) is 4.99. The number of para-hydroxylation sites is 1. The predicted octanol–water partition coefficient (Wildman–Crippen LogP) is 1.78. The van der Waals surface area contributed by atoms with Gasteiger partial charge in [0.05, 0.1) is 6.61 Å². The topological polar surface area (TPSA) is 33.3 Å². The van der Waals surface area contributed by atoms with E-state index < -0.39 is 0 Å². The Morgan fingerprint density at radius 3 is 3.29 bits per heavy atom. The van der Waals surface area contributed by atoms with Gasteiger partial charge in [-0.1, -0.05) is 18.2 Å². The van der Waals surface area contributed by atoms with E-state index in [1.165, 1.54) is 29.7 Å². The van der Waals surface area contributed by atoms with Crippen molar-refractivity contribution in [3.05, 3.63) is 29.3 Å². The van der Waals surface area contributed by atoms with Crippen molar-refractivity contribution in [2.75, 3.05) is 31.6 Å². The SMILES string of the molecule is c1cc2c(c(CNCC3CCOC3)c1)NCC2. The van der Waals surface area contributed by atoms with Crippen molar-refractivity contribution in [1.29, 1.82) is 0 Å². The lowest BCUT2D eigenvalue weighted by Gasteiger charge is -2.12. The number of benzene rings is 1. The van der Waals surface area contributed by atoms with Crippen LogP contribution >= 0.6 is 0 Å². The molecule has 0 saturated carbocycles. The van der Waals surface area contributed by atoms with Crippen LogP contribution in [-0.4, -0.2) is 26.3 Å². The van der Waals surface area contributed by atoms with Gasteiger partial charge in [-0.15, -0.1) is 0 Å². The summed E-state index contributed by atoms with van der Waals surface area (Å²) in [7, 11) is 0. The van der Waals surface area contributed by atoms with E-state index in [0.717, 1.165) is 32.8 Å². The lowest BCUT2D eigenvalue weighted by Crippen LogP contribution is -2.23. The standard InChI is InChI=1S/C14H20N2O/c1-2-12-4-6-16-14(12)13(3-1)9-15-8-11-5-7-17-10-11/h1-3,11,15-16H,4-10H2. The zero-order valence-corrected chi connectivity index (χ0v) is 10.2. The van der Waals surface area contributed by atoms with Crippen LogP contribution in [0.1, 0.15) is 17.5 Å². The van der Waals surface area contributed by atoms with Gasteiger partial charge in [0.15, 0.2) is 0 Å². The third-order valence-corrected chi connectivity index (χ3v) is 3.71. The van der Waals surface area contributed by atoms with Crippen LogP contribution in [0.3, 0.4) is 0 Å². The van der Waals surface area contributed by atoms with Crippen LogP contribution in [0.15, 0.2) is 18.2 Å². The van der Waals surface area contributed by atoms with E-state index in [0.29, 0.717) is 5.92 Å². The summed E-state index contributed by atoms with van der Waals surface area (Å²) < 4.78 is 5.38. The average Bonchev–Trinajstić information content (AvgIpc) is 2.99. The molecule has 1 aromatic rings. The molecule has 3 nitrogen and oxygen atoms in total. The summed E-state index contributed by atoms with van der Waals surface area (Å²) in [4.78, 5) is 0. The van der Waals surface area contributed by atoms with Crippen molar-refractivity contribution in [3.63, 3.8) is 0 Å². The maximum Gasteiger partial charge on any atom is 0.0507 e. The molecule has 0 aromatic heterocycles. The van der Waals surface area contributed by atoms with Crippen molar-refractivity contribution < 1.29 is 4.74 Å². The zero-order chi connectivity index (χ0) is 11.5. The number of hydrogen-bond donors (Lipinski definition) is 2. The summed E-state index contributed by atoms with van der Waals surface area (Å²) in [5, 5.41) is 7.04. The van der Waals surface area contributed by atoms with E-state index >= 15 is 0 Å². The molecule has 2 aliphatic rings. The van der Waals surface area contributed by atoms with Gasteiger partial charge in [0.1, 0.15) is 0 Å². The Balaban J connectivity index is 1.56. The van der Waals surface area contributed by atoms with Gasteiger partial charge in [-0.25, -0.2) is 0 Å². The van der Waals surface area contributed by atoms with Gasteiger partial charge >= 0.3 is 0 Å². The van der Waals surface area contributed by atoms with Gasteiger partial charge in [0.2, 0.25) is 0 Å². The van der Waals surface area contributed by atoms with Crippen LogP contribution in [-0.2, 0) is 17.7 Å². The van der Waals surface area contributed by atoms with Gasteiger partial charge in [0, 0.05) is 31.9 Å². The Morgan fingerprint density at radius 1 is 1.41 bits per heavy atom. The van der Waals surface area contributed by atoms with E-state index in [1.54, 1.807) is 0 Å². The summed E-state index contributed by atoms with van der Waals surface area (Å²) in [6, 6.07) is 6.61. The molecule has 0 bridgehead atoms. The minimum Gasteiger partial charge on any atom is -0.384 e. The van der Waals surface area contributed by atoms with Crippen molar-refractivity contribution in [2.24, 2.45) is 5.92 Å². The molecule has 92 valence electrons. The van der Waals surface area contributed by atoms with Gasteiger partial charge in [-0.05, 0) is 29.9 Å². The molecule has 3 heteroatoms. The molecule has 0 amide bonds. The first-order valence-corrected chi connectivity index (χ1v) is 6.56. The third-order valence-electron chi connectivity index (χ3n) is 3.71. The second-order valence-corrected chi connectivity index (χ2v) is 4.99. The first kappa shape index (κ1) is 11.1.